The molecule has 0 amide bonds. The Balaban J connectivity index is 1.53. The molecule has 0 spiro atoms. The van der Waals surface area contributed by atoms with Crippen molar-refractivity contribution >= 4 is 11.6 Å². The molecule has 0 saturated carbocycles. The summed E-state index contributed by atoms with van der Waals surface area (Å²) >= 11 is 6.43. The maximum absolute atomic E-state index is 6.43. The van der Waals surface area contributed by atoms with Gasteiger partial charge in [0.25, 0.3) is 0 Å². The highest BCUT2D eigenvalue weighted by Gasteiger charge is 2.25. The number of halogens is 1. The Kier molecular flexibility index (Phi) is 4.78. The number of aromatic nitrogens is 3. The number of hydrogen-bond donors (Lipinski definition) is 1. The Morgan fingerprint density at radius 3 is 2.88 bits per heavy atom. The summed E-state index contributed by atoms with van der Waals surface area (Å²) in [5.74, 6) is 0.879. The molecule has 1 atom stereocenters. The highest BCUT2D eigenvalue weighted by Crippen LogP contribution is 2.29. The van der Waals surface area contributed by atoms with Crippen LogP contribution in [0.5, 0.6) is 0 Å². The standard InChI is InChI=1S/C19H20ClN5/c20-17-4-2-1-3-16(17)18-12-21-7-9-24(18)13-15-5-6-19(23-11-15)25-10-8-22-14-25/h1-6,8,10-11,14,18,21H,7,9,12-13H2. The monoisotopic (exact) mass is 353 g/mol. The van der Waals surface area contributed by atoms with Crippen LogP contribution in [-0.4, -0.2) is 39.1 Å². The van der Waals surface area contributed by atoms with Crippen molar-refractivity contribution in [2.24, 2.45) is 0 Å². The summed E-state index contributed by atoms with van der Waals surface area (Å²) in [7, 11) is 0. The van der Waals surface area contributed by atoms with Crippen LogP contribution in [0.25, 0.3) is 5.82 Å². The van der Waals surface area contributed by atoms with E-state index in [1.165, 1.54) is 11.1 Å². The Labute approximate surface area is 152 Å². The maximum Gasteiger partial charge on any atom is 0.137 e. The number of nitrogens with zero attached hydrogens (tertiary/aromatic N) is 4. The van der Waals surface area contributed by atoms with Crippen LogP contribution in [0.15, 0.2) is 61.3 Å². The second-order valence-corrected chi connectivity index (χ2v) is 6.61. The van der Waals surface area contributed by atoms with E-state index in [4.69, 9.17) is 11.6 Å². The van der Waals surface area contributed by atoms with E-state index in [2.05, 4.69) is 38.4 Å². The molecule has 6 heteroatoms. The third-order valence-corrected chi connectivity index (χ3v) is 4.93. The molecule has 1 aliphatic rings. The second kappa shape index (κ2) is 7.35. The molecule has 1 unspecified atom stereocenters. The Morgan fingerprint density at radius 1 is 1.20 bits per heavy atom. The fourth-order valence-corrected chi connectivity index (χ4v) is 3.54. The molecule has 1 fully saturated rings. The van der Waals surface area contributed by atoms with Gasteiger partial charge in [-0.2, -0.15) is 0 Å². The van der Waals surface area contributed by atoms with Crippen LogP contribution in [0, 0.1) is 0 Å². The van der Waals surface area contributed by atoms with Gasteiger partial charge in [0.05, 0.1) is 0 Å². The van der Waals surface area contributed by atoms with Crippen LogP contribution < -0.4 is 5.32 Å². The van der Waals surface area contributed by atoms with E-state index >= 15 is 0 Å². The molecule has 0 bridgehead atoms. The Hall–Kier alpha value is -2.21. The molecule has 2 aromatic heterocycles. The summed E-state index contributed by atoms with van der Waals surface area (Å²) in [5.41, 5.74) is 2.38. The van der Waals surface area contributed by atoms with E-state index in [1.54, 1.807) is 12.5 Å². The first-order valence-electron chi connectivity index (χ1n) is 8.44. The van der Waals surface area contributed by atoms with Gasteiger partial charge >= 0.3 is 0 Å². The average Bonchev–Trinajstić information content (AvgIpc) is 3.18. The number of rotatable bonds is 4. The van der Waals surface area contributed by atoms with Crippen molar-refractivity contribution in [3.05, 3.63) is 77.5 Å². The van der Waals surface area contributed by atoms with Gasteiger partial charge in [0, 0.05) is 55.8 Å². The number of piperazine rings is 1. The molecule has 3 aromatic rings. The molecule has 25 heavy (non-hydrogen) atoms. The third-order valence-electron chi connectivity index (χ3n) is 4.58. The molecule has 5 nitrogen and oxygen atoms in total. The molecule has 1 aromatic carbocycles. The van der Waals surface area contributed by atoms with E-state index in [1.807, 2.05) is 35.2 Å². The zero-order valence-electron chi connectivity index (χ0n) is 13.8. The average molecular weight is 354 g/mol. The van der Waals surface area contributed by atoms with Crippen molar-refractivity contribution in [3.8, 4) is 5.82 Å². The van der Waals surface area contributed by atoms with Crippen molar-refractivity contribution in [3.63, 3.8) is 0 Å². The Morgan fingerprint density at radius 2 is 2.12 bits per heavy atom. The SMILES string of the molecule is Clc1ccccc1C1CNCCN1Cc1ccc(-n2ccnc2)nc1. The topological polar surface area (TPSA) is 46.0 Å². The summed E-state index contributed by atoms with van der Waals surface area (Å²) in [6.45, 7) is 3.74. The van der Waals surface area contributed by atoms with E-state index in [9.17, 15) is 0 Å². The van der Waals surface area contributed by atoms with Crippen LogP contribution in [0.2, 0.25) is 5.02 Å². The molecule has 1 saturated heterocycles. The van der Waals surface area contributed by atoms with E-state index < -0.39 is 0 Å². The quantitative estimate of drug-likeness (QED) is 0.783. The number of hydrogen-bond acceptors (Lipinski definition) is 4. The van der Waals surface area contributed by atoms with Crippen molar-refractivity contribution in [1.29, 1.82) is 0 Å². The van der Waals surface area contributed by atoms with Crippen LogP contribution >= 0.6 is 11.6 Å². The van der Waals surface area contributed by atoms with E-state index in [0.29, 0.717) is 0 Å². The molecule has 4 rings (SSSR count). The molecule has 3 heterocycles. The molecule has 1 N–H and O–H groups in total. The first kappa shape index (κ1) is 16.3. The lowest BCUT2D eigenvalue weighted by atomic mass is 10.0. The minimum Gasteiger partial charge on any atom is -0.314 e. The lowest BCUT2D eigenvalue weighted by Crippen LogP contribution is -2.45. The van der Waals surface area contributed by atoms with Gasteiger partial charge in [0.1, 0.15) is 12.1 Å². The van der Waals surface area contributed by atoms with Gasteiger partial charge < -0.3 is 5.32 Å². The van der Waals surface area contributed by atoms with Gasteiger partial charge in [-0.25, -0.2) is 9.97 Å². The van der Waals surface area contributed by atoms with Gasteiger partial charge in [-0.1, -0.05) is 35.9 Å². The fraction of sp³-hybridized carbons (Fsp3) is 0.263. The molecular weight excluding hydrogens is 334 g/mol. The van der Waals surface area contributed by atoms with Crippen molar-refractivity contribution < 1.29 is 0 Å². The Bertz CT molecular complexity index is 816. The van der Waals surface area contributed by atoms with Crippen LogP contribution in [0.3, 0.4) is 0 Å². The zero-order chi connectivity index (χ0) is 17.1. The minimum absolute atomic E-state index is 0.274. The predicted molar refractivity (Wildman–Crippen MR) is 98.8 cm³/mol. The normalized spacial score (nSPS) is 18.4. The number of benzene rings is 1. The summed E-state index contributed by atoms with van der Waals surface area (Å²) in [4.78, 5) is 11.1. The highest BCUT2D eigenvalue weighted by molar-refractivity contribution is 6.31. The molecule has 0 aliphatic carbocycles. The first-order valence-corrected chi connectivity index (χ1v) is 8.81. The van der Waals surface area contributed by atoms with Gasteiger partial charge in [-0.05, 0) is 23.3 Å². The number of imidazole rings is 1. The minimum atomic E-state index is 0.274. The van der Waals surface area contributed by atoms with E-state index in [0.717, 1.165) is 37.0 Å². The molecular formula is C19H20ClN5. The number of nitrogens with one attached hydrogen (secondary N) is 1. The van der Waals surface area contributed by atoms with E-state index in [-0.39, 0.29) is 6.04 Å². The lowest BCUT2D eigenvalue weighted by Gasteiger charge is -2.37. The summed E-state index contributed by atoms with van der Waals surface area (Å²) in [6, 6.07) is 12.5. The van der Waals surface area contributed by atoms with Gasteiger partial charge in [-0.3, -0.25) is 9.47 Å². The third kappa shape index (κ3) is 3.58. The van der Waals surface area contributed by atoms with Crippen molar-refractivity contribution in [2.75, 3.05) is 19.6 Å². The zero-order valence-corrected chi connectivity index (χ0v) is 14.6. The summed E-state index contributed by atoms with van der Waals surface area (Å²) < 4.78 is 1.90. The molecule has 128 valence electrons. The van der Waals surface area contributed by atoms with Gasteiger partial charge in [0.2, 0.25) is 0 Å². The lowest BCUT2D eigenvalue weighted by molar-refractivity contribution is 0.153. The molecule has 1 aliphatic heterocycles. The van der Waals surface area contributed by atoms with Crippen molar-refractivity contribution in [2.45, 2.75) is 12.6 Å². The predicted octanol–water partition coefficient (Wildman–Crippen LogP) is 3.07. The smallest absolute Gasteiger partial charge is 0.137 e. The van der Waals surface area contributed by atoms with Crippen LogP contribution in [0.4, 0.5) is 0 Å². The van der Waals surface area contributed by atoms with Crippen molar-refractivity contribution in [1.82, 2.24) is 24.8 Å². The maximum atomic E-state index is 6.43. The summed E-state index contributed by atoms with van der Waals surface area (Å²) in [6.07, 6.45) is 7.35. The van der Waals surface area contributed by atoms with Gasteiger partial charge in [-0.15, -0.1) is 0 Å². The van der Waals surface area contributed by atoms with Crippen LogP contribution in [0.1, 0.15) is 17.2 Å². The number of pyridine rings is 1. The van der Waals surface area contributed by atoms with Gasteiger partial charge in [0.15, 0.2) is 0 Å². The second-order valence-electron chi connectivity index (χ2n) is 6.21. The largest absolute Gasteiger partial charge is 0.314 e. The summed E-state index contributed by atoms with van der Waals surface area (Å²) in [5, 5.41) is 4.31. The molecule has 0 radical (unpaired) electrons. The first-order chi connectivity index (χ1) is 12.3. The fourth-order valence-electron chi connectivity index (χ4n) is 3.28. The highest BCUT2D eigenvalue weighted by atomic mass is 35.5. The van der Waals surface area contributed by atoms with Crippen LogP contribution in [-0.2, 0) is 6.54 Å².